The normalized spacial score (nSPS) is 9.95. The lowest BCUT2D eigenvalue weighted by Crippen LogP contribution is -2.32. The maximum absolute atomic E-state index is 12.3. The van der Waals surface area contributed by atoms with Gasteiger partial charge in [0.2, 0.25) is 5.91 Å². The van der Waals surface area contributed by atoms with Crippen LogP contribution >= 0.6 is 11.8 Å². The van der Waals surface area contributed by atoms with E-state index in [2.05, 4.69) is 9.97 Å². The van der Waals surface area contributed by atoms with Crippen molar-refractivity contribution < 1.29 is 4.79 Å². The van der Waals surface area contributed by atoms with E-state index in [1.807, 2.05) is 24.3 Å². The van der Waals surface area contributed by atoms with Crippen LogP contribution in [0.25, 0.3) is 0 Å². The number of nitrogens with two attached hydrogens (primary N) is 2. The zero-order chi connectivity index (χ0) is 15.9. The second-order valence-corrected chi connectivity index (χ2v) is 5.20. The minimum Gasteiger partial charge on any atom is -0.383 e. The van der Waals surface area contributed by atoms with Crippen molar-refractivity contribution in [3.8, 4) is 6.07 Å². The Morgan fingerprint density at radius 2 is 1.86 bits per heavy atom. The second kappa shape index (κ2) is 7.28. The summed E-state index contributed by atoms with van der Waals surface area (Å²) in [6.45, 7) is -0.0245. The Bertz CT molecular complexity index is 680. The van der Waals surface area contributed by atoms with Gasteiger partial charge in [-0.2, -0.15) is 5.26 Å². The van der Waals surface area contributed by atoms with Crippen LogP contribution in [0.5, 0.6) is 0 Å². The maximum Gasteiger partial charge on any atom is 0.238 e. The number of para-hydroxylation sites is 1. The molecule has 0 saturated heterocycles. The van der Waals surface area contributed by atoms with E-state index in [1.54, 1.807) is 12.1 Å². The molecule has 2 aromatic rings. The summed E-state index contributed by atoms with van der Waals surface area (Å²) in [6, 6.07) is 12.4. The number of hydrogen-bond acceptors (Lipinski definition) is 7. The molecule has 1 aromatic heterocycles. The van der Waals surface area contributed by atoms with Crippen LogP contribution in [0.3, 0.4) is 0 Å². The molecule has 1 heterocycles. The third kappa shape index (κ3) is 4.10. The molecule has 0 aliphatic heterocycles. The van der Waals surface area contributed by atoms with Crippen LogP contribution in [0.1, 0.15) is 0 Å². The molecule has 7 nitrogen and oxygen atoms in total. The number of benzene rings is 1. The molecule has 0 atom stereocenters. The van der Waals surface area contributed by atoms with Crippen LogP contribution in [0.2, 0.25) is 0 Å². The highest BCUT2D eigenvalue weighted by atomic mass is 32.2. The van der Waals surface area contributed by atoms with Gasteiger partial charge in [0.05, 0.1) is 11.8 Å². The lowest BCUT2D eigenvalue weighted by atomic mass is 10.3. The maximum atomic E-state index is 12.3. The van der Waals surface area contributed by atoms with Crippen molar-refractivity contribution >= 4 is 35.0 Å². The SMILES string of the molecule is N#CCN(C(=O)CSc1nc(N)cc(N)n1)c1ccccc1. The summed E-state index contributed by atoms with van der Waals surface area (Å²) < 4.78 is 0. The van der Waals surface area contributed by atoms with Crippen molar-refractivity contribution in [3.05, 3.63) is 36.4 Å². The van der Waals surface area contributed by atoms with E-state index < -0.39 is 0 Å². The standard InChI is InChI=1S/C14H14N6OS/c15-6-7-20(10-4-2-1-3-5-10)13(21)9-22-14-18-11(16)8-12(17)19-14/h1-5,8H,7,9H2,(H4,16,17,18,19). The lowest BCUT2D eigenvalue weighted by Gasteiger charge is -2.19. The summed E-state index contributed by atoms with van der Waals surface area (Å²) in [5.74, 6) is 0.362. The Morgan fingerprint density at radius 3 is 2.45 bits per heavy atom. The van der Waals surface area contributed by atoms with Gasteiger partial charge in [0.25, 0.3) is 0 Å². The van der Waals surface area contributed by atoms with Gasteiger partial charge < -0.3 is 11.5 Å². The number of amides is 1. The van der Waals surface area contributed by atoms with E-state index in [4.69, 9.17) is 16.7 Å². The first-order chi connectivity index (χ1) is 10.6. The second-order valence-electron chi connectivity index (χ2n) is 4.26. The van der Waals surface area contributed by atoms with Crippen LogP contribution in [0.4, 0.5) is 17.3 Å². The Labute approximate surface area is 132 Å². The average Bonchev–Trinajstić information content (AvgIpc) is 2.50. The number of nitrogen functional groups attached to an aromatic ring is 2. The molecule has 8 heteroatoms. The lowest BCUT2D eigenvalue weighted by molar-refractivity contribution is -0.116. The van der Waals surface area contributed by atoms with Crippen LogP contribution in [0.15, 0.2) is 41.6 Å². The van der Waals surface area contributed by atoms with E-state index in [-0.39, 0.29) is 29.8 Å². The molecule has 4 N–H and O–H groups in total. The largest absolute Gasteiger partial charge is 0.383 e. The molecule has 1 amide bonds. The average molecular weight is 314 g/mol. The Morgan fingerprint density at radius 1 is 1.23 bits per heavy atom. The molecule has 1 aromatic carbocycles. The quantitative estimate of drug-likeness (QED) is 0.484. The number of thioether (sulfide) groups is 1. The zero-order valence-corrected chi connectivity index (χ0v) is 12.5. The fraction of sp³-hybridized carbons (Fsp3) is 0.143. The molecule has 0 aliphatic carbocycles. The zero-order valence-electron chi connectivity index (χ0n) is 11.6. The molecule has 0 fully saturated rings. The van der Waals surface area contributed by atoms with Crippen molar-refractivity contribution in [1.29, 1.82) is 5.26 Å². The number of carbonyl (C=O) groups is 1. The van der Waals surface area contributed by atoms with E-state index in [9.17, 15) is 4.79 Å². The van der Waals surface area contributed by atoms with E-state index in [0.29, 0.717) is 10.8 Å². The number of hydrogen-bond donors (Lipinski definition) is 2. The van der Waals surface area contributed by atoms with Crippen molar-refractivity contribution in [1.82, 2.24) is 9.97 Å². The topological polar surface area (TPSA) is 122 Å². The summed E-state index contributed by atoms with van der Waals surface area (Å²) in [7, 11) is 0. The highest BCUT2D eigenvalue weighted by molar-refractivity contribution is 7.99. The van der Waals surface area contributed by atoms with Gasteiger partial charge in [0.1, 0.15) is 18.2 Å². The molecule has 112 valence electrons. The molecular formula is C14H14N6OS. The molecule has 22 heavy (non-hydrogen) atoms. The molecule has 2 rings (SSSR count). The van der Waals surface area contributed by atoms with Crippen LogP contribution in [-0.4, -0.2) is 28.2 Å². The first-order valence-corrected chi connectivity index (χ1v) is 7.34. The summed E-state index contributed by atoms with van der Waals surface area (Å²) in [4.78, 5) is 21.7. The molecule has 0 saturated carbocycles. The third-order valence-electron chi connectivity index (χ3n) is 2.67. The highest BCUT2D eigenvalue weighted by Gasteiger charge is 2.16. The predicted octanol–water partition coefficient (Wildman–Crippen LogP) is 1.29. The molecule has 0 radical (unpaired) electrons. The first-order valence-electron chi connectivity index (χ1n) is 6.35. The number of nitriles is 1. The number of carbonyl (C=O) groups excluding carboxylic acids is 1. The van der Waals surface area contributed by atoms with Crippen molar-refractivity contribution in [2.45, 2.75) is 5.16 Å². The van der Waals surface area contributed by atoms with E-state index in [0.717, 1.165) is 11.8 Å². The van der Waals surface area contributed by atoms with Crippen molar-refractivity contribution in [2.75, 3.05) is 28.7 Å². The molecule has 0 aliphatic rings. The first kappa shape index (κ1) is 15.6. The van der Waals surface area contributed by atoms with E-state index >= 15 is 0 Å². The predicted molar refractivity (Wildman–Crippen MR) is 86.0 cm³/mol. The van der Waals surface area contributed by atoms with Crippen LogP contribution in [-0.2, 0) is 4.79 Å². The Hall–Kier alpha value is -2.79. The Balaban J connectivity index is 2.07. The third-order valence-corrected chi connectivity index (χ3v) is 3.50. The minimum absolute atomic E-state index is 0.0245. The van der Waals surface area contributed by atoms with Gasteiger partial charge in [-0.3, -0.25) is 9.69 Å². The summed E-state index contributed by atoms with van der Waals surface area (Å²) in [5, 5.41) is 9.23. The van der Waals surface area contributed by atoms with Gasteiger partial charge in [-0.05, 0) is 12.1 Å². The molecule has 0 bridgehead atoms. The summed E-state index contributed by atoms with van der Waals surface area (Å²) in [5.41, 5.74) is 11.8. The highest BCUT2D eigenvalue weighted by Crippen LogP contribution is 2.19. The van der Waals surface area contributed by atoms with Gasteiger partial charge >= 0.3 is 0 Å². The number of rotatable bonds is 5. The van der Waals surface area contributed by atoms with Crippen molar-refractivity contribution in [2.24, 2.45) is 0 Å². The van der Waals surface area contributed by atoms with Gasteiger partial charge in [-0.1, -0.05) is 30.0 Å². The molecule has 0 spiro atoms. The monoisotopic (exact) mass is 314 g/mol. The molecule has 0 unspecified atom stereocenters. The molecular weight excluding hydrogens is 300 g/mol. The number of aromatic nitrogens is 2. The van der Waals surface area contributed by atoms with Gasteiger partial charge in [-0.25, -0.2) is 9.97 Å². The fourth-order valence-electron chi connectivity index (χ4n) is 1.73. The van der Waals surface area contributed by atoms with Gasteiger partial charge in [-0.15, -0.1) is 0 Å². The summed E-state index contributed by atoms with van der Waals surface area (Å²) >= 11 is 1.12. The number of anilines is 3. The van der Waals surface area contributed by atoms with Crippen LogP contribution in [0, 0.1) is 11.3 Å². The van der Waals surface area contributed by atoms with Gasteiger partial charge in [0.15, 0.2) is 5.16 Å². The minimum atomic E-state index is -0.220. The smallest absolute Gasteiger partial charge is 0.238 e. The van der Waals surface area contributed by atoms with Crippen molar-refractivity contribution in [3.63, 3.8) is 0 Å². The number of nitrogens with zero attached hydrogens (tertiary/aromatic N) is 4. The fourth-order valence-corrected chi connectivity index (χ4v) is 2.48. The Kier molecular flexibility index (Phi) is 5.16. The van der Waals surface area contributed by atoms with Gasteiger partial charge in [0, 0.05) is 11.8 Å². The summed E-state index contributed by atoms with van der Waals surface area (Å²) in [6.07, 6.45) is 0. The van der Waals surface area contributed by atoms with Crippen LogP contribution < -0.4 is 16.4 Å². The van der Waals surface area contributed by atoms with E-state index in [1.165, 1.54) is 11.0 Å².